The van der Waals surface area contributed by atoms with E-state index in [9.17, 15) is 4.79 Å². The summed E-state index contributed by atoms with van der Waals surface area (Å²) in [5.74, 6) is 2.09. The van der Waals surface area contributed by atoms with Crippen LogP contribution in [0.5, 0.6) is 0 Å². The minimum Gasteiger partial charge on any atom is -0.368 e. The van der Waals surface area contributed by atoms with Gasteiger partial charge in [-0.3, -0.25) is 10.1 Å². The number of nitrogens with two attached hydrogens (primary N) is 1. The number of thioether (sulfide) groups is 1. The van der Waals surface area contributed by atoms with Crippen LogP contribution in [0, 0.1) is 5.92 Å². The summed E-state index contributed by atoms with van der Waals surface area (Å²) in [5.41, 5.74) is 5.07. The molecule has 3 nitrogen and oxygen atoms in total. The molecule has 2 fully saturated rings. The number of nitrogens with one attached hydrogen (secondary N) is 1. The first-order chi connectivity index (χ1) is 6.15. The molecular formula is C9H16N2OS. The van der Waals surface area contributed by atoms with Gasteiger partial charge in [-0.25, -0.2) is 0 Å². The van der Waals surface area contributed by atoms with Crippen molar-refractivity contribution in [2.24, 2.45) is 11.7 Å². The summed E-state index contributed by atoms with van der Waals surface area (Å²) in [6.07, 6.45) is 2.40. The molecule has 1 heterocycles. The Hall–Kier alpha value is -0.220. The van der Waals surface area contributed by atoms with Crippen molar-refractivity contribution in [1.82, 2.24) is 5.32 Å². The van der Waals surface area contributed by atoms with Crippen LogP contribution in [-0.2, 0) is 4.79 Å². The van der Waals surface area contributed by atoms with E-state index in [1.165, 1.54) is 12.8 Å². The van der Waals surface area contributed by atoms with E-state index in [1.54, 1.807) is 0 Å². The van der Waals surface area contributed by atoms with E-state index >= 15 is 0 Å². The standard InChI is InChI=1S/C9H16N2OS/c1-6-4-13-5-9(6,8(10)12)11-7-2-3-7/h6-7,11H,2-5H2,1H3,(H2,10,12). The second-order valence-electron chi connectivity index (χ2n) is 4.17. The lowest BCUT2D eigenvalue weighted by molar-refractivity contribution is -0.124. The first-order valence-electron chi connectivity index (χ1n) is 4.80. The maximum atomic E-state index is 11.4. The van der Waals surface area contributed by atoms with Gasteiger partial charge >= 0.3 is 0 Å². The Kier molecular flexibility index (Phi) is 2.28. The van der Waals surface area contributed by atoms with Gasteiger partial charge in [-0.1, -0.05) is 6.92 Å². The van der Waals surface area contributed by atoms with Gasteiger partial charge in [0, 0.05) is 11.8 Å². The zero-order valence-corrected chi connectivity index (χ0v) is 8.69. The fourth-order valence-corrected chi connectivity index (χ4v) is 3.43. The molecule has 0 aromatic carbocycles. The van der Waals surface area contributed by atoms with Crippen molar-refractivity contribution in [3.63, 3.8) is 0 Å². The van der Waals surface area contributed by atoms with Crippen molar-refractivity contribution in [3.05, 3.63) is 0 Å². The third-order valence-electron chi connectivity index (χ3n) is 3.02. The van der Waals surface area contributed by atoms with Gasteiger partial charge in [0.05, 0.1) is 0 Å². The van der Waals surface area contributed by atoms with Gasteiger partial charge in [-0.2, -0.15) is 11.8 Å². The van der Waals surface area contributed by atoms with E-state index < -0.39 is 5.54 Å². The molecule has 1 saturated heterocycles. The normalized spacial score (nSPS) is 39.3. The molecule has 0 bridgehead atoms. The van der Waals surface area contributed by atoms with Gasteiger partial charge < -0.3 is 5.73 Å². The van der Waals surface area contributed by atoms with Crippen LogP contribution in [-0.4, -0.2) is 29.0 Å². The average molecular weight is 200 g/mol. The molecule has 3 N–H and O–H groups in total. The molecular weight excluding hydrogens is 184 g/mol. The van der Waals surface area contributed by atoms with Crippen molar-refractivity contribution in [2.45, 2.75) is 31.3 Å². The van der Waals surface area contributed by atoms with Crippen LogP contribution in [0.1, 0.15) is 19.8 Å². The molecule has 74 valence electrons. The lowest BCUT2D eigenvalue weighted by atomic mass is 9.87. The quantitative estimate of drug-likeness (QED) is 0.691. The first kappa shape index (κ1) is 9.34. The number of hydrogen-bond acceptors (Lipinski definition) is 3. The average Bonchev–Trinajstić information content (AvgIpc) is 2.78. The van der Waals surface area contributed by atoms with Crippen molar-refractivity contribution in [2.75, 3.05) is 11.5 Å². The summed E-state index contributed by atoms with van der Waals surface area (Å²) >= 11 is 1.82. The highest BCUT2D eigenvalue weighted by molar-refractivity contribution is 7.99. The van der Waals surface area contributed by atoms with Crippen molar-refractivity contribution in [1.29, 1.82) is 0 Å². The van der Waals surface area contributed by atoms with Gasteiger partial charge in [0.2, 0.25) is 5.91 Å². The maximum Gasteiger partial charge on any atom is 0.238 e. The fourth-order valence-electron chi connectivity index (χ4n) is 1.84. The molecule has 2 aliphatic rings. The van der Waals surface area contributed by atoms with Gasteiger partial charge in [-0.05, 0) is 24.5 Å². The zero-order valence-electron chi connectivity index (χ0n) is 7.88. The fraction of sp³-hybridized carbons (Fsp3) is 0.889. The molecule has 2 unspecified atom stereocenters. The molecule has 1 amide bonds. The summed E-state index contributed by atoms with van der Waals surface area (Å²) in [5, 5.41) is 3.42. The Morgan fingerprint density at radius 1 is 1.62 bits per heavy atom. The lowest BCUT2D eigenvalue weighted by Gasteiger charge is -2.30. The monoisotopic (exact) mass is 200 g/mol. The minimum absolute atomic E-state index is 0.170. The second-order valence-corrected chi connectivity index (χ2v) is 5.20. The first-order valence-corrected chi connectivity index (χ1v) is 5.96. The molecule has 4 heteroatoms. The molecule has 1 aliphatic carbocycles. The van der Waals surface area contributed by atoms with Crippen LogP contribution >= 0.6 is 11.8 Å². The van der Waals surface area contributed by atoms with E-state index in [-0.39, 0.29) is 5.91 Å². The van der Waals surface area contributed by atoms with Crippen molar-refractivity contribution >= 4 is 17.7 Å². The number of primary amides is 1. The topological polar surface area (TPSA) is 55.1 Å². The third-order valence-corrected chi connectivity index (χ3v) is 4.41. The summed E-state index contributed by atoms with van der Waals surface area (Å²) in [6.45, 7) is 2.11. The van der Waals surface area contributed by atoms with Crippen LogP contribution in [0.2, 0.25) is 0 Å². The Balaban J connectivity index is 2.12. The van der Waals surface area contributed by atoms with Gasteiger partial charge in [0.25, 0.3) is 0 Å². The molecule has 0 spiro atoms. The Morgan fingerprint density at radius 2 is 2.31 bits per heavy atom. The van der Waals surface area contributed by atoms with E-state index in [0.29, 0.717) is 12.0 Å². The Labute approximate surface area is 82.8 Å². The molecule has 0 aromatic heterocycles. The van der Waals surface area contributed by atoms with E-state index in [2.05, 4.69) is 12.2 Å². The SMILES string of the molecule is CC1CSCC1(NC1CC1)C(N)=O. The predicted octanol–water partition coefficient (Wildman–Crippen LogP) is 0.345. The van der Waals surface area contributed by atoms with Crippen molar-refractivity contribution in [3.8, 4) is 0 Å². The van der Waals surface area contributed by atoms with Crippen LogP contribution in [0.25, 0.3) is 0 Å². The molecule has 2 atom stereocenters. The summed E-state index contributed by atoms with van der Waals surface area (Å²) in [6, 6.07) is 0.550. The van der Waals surface area contributed by atoms with Crippen LogP contribution in [0.3, 0.4) is 0 Å². The Morgan fingerprint density at radius 3 is 2.69 bits per heavy atom. The van der Waals surface area contributed by atoms with Crippen LogP contribution < -0.4 is 11.1 Å². The van der Waals surface area contributed by atoms with Crippen molar-refractivity contribution < 1.29 is 4.79 Å². The smallest absolute Gasteiger partial charge is 0.238 e. The molecule has 1 saturated carbocycles. The second kappa shape index (κ2) is 3.17. The summed E-state index contributed by atoms with van der Waals surface area (Å²) in [4.78, 5) is 11.4. The molecule has 2 rings (SSSR count). The summed E-state index contributed by atoms with van der Waals surface area (Å²) in [7, 11) is 0. The van der Waals surface area contributed by atoms with Gasteiger partial charge in [0.1, 0.15) is 5.54 Å². The highest BCUT2D eigenvalue weighted by Gasteiger charge is 2.48. The number of rotatable bonds is 3. The van der Waals surface area contributed by atoms with E-state index in [1.807, 2.05) is 11.8 Å². The van der Waals surface area contributed by atoms with Crippen LogP contribution in [0.4, 0.5) is 0 Å². The third kappa shape index (κ3) is 1.57. The Bertz CT molecular complexity index is 230. The predicted molar refractivity (Wildman–Crippen MR) is 54.6 cm³/mol. The largest absolute Gasteiger partial charge is 0.368 e. The van der Waals surface area contributed by atoms with Crippen LogP contribution in [0.15, 0.2) is 0 Å². The minimum atomic E-state index is -0.411. The molecule has 1 aliphatic heterocycles. The zero-order chi connectivity index (χ0) is 9.47. The van der Waals surface area contributed by atoms with E-state index in [4.69, 9.17) is 5.73 Å². The molecule has 13 heavy (non-hydrogen) atoms. The van der Waals surface area contributed by atoms with Gasteiger partial charge in [0.15, 0.2) is 0 Å². The number of amides is 1. The number of carbonyl (C=O) groups excluding carboxylic acids is 1. The summed E-state index contributed by atoms with van der Waals surface area (Å²) < 4.78 is 0. The highest BCUT2D eigenvalue weighted by Crippen LogP contribution is 2.36. The molecule has 0 radical (unpaired) electrons. The van der Waals surface area contributed by atoms with E-state index in [0.717, 1.165) is 11.5 Å². The number of hydrogen-bond donors (Lipinski definition) is 2. The lowest BCUT2D eigenvalue weighted by Crippen LogP contribution is -2.60. The number of carbonyl (C=O) groups is 1. The van der Waals surface area contributed by atoms with Gasteiger partial charge in [-0.15, -0.1) is 0 Å². The highest BCUT2D eigenvalue weighted by atomic mass is 32.2. The molecule has 0 aromatic rings. The maximum absolute atomic E-state index is 11.4.